The highest BCUT2D eigenvalue weighted by molar-refractivity contribution is 7.80. The van der Waals surface area contributed by atoms with Crippen LogP contribution in [0.1, 0.15) is 28.1 Å². The lowest BCUT2D eigenvalue weighted by Gasteiger charge is -2.07. The van der Waals surface area contributed by atoms with Gasteiger partial charge in [-0.25, -0.2) is 0 Å². The fourth-order valence-corrected chi connectivity index (χ4v) is 3.13. The van der Waals surface area contributed by atoms with Crippen LogP contribution in [0.4, 0.5) is 0 Å². The molecule has 0 fully saturated rings. The third-order valence-electron chi connectivity index (χ3n) is 4.37. The van der Waals surface area contributed by atoms with Gasteiger partial charge in [-0.2, -0.15) is 10.2 Å². The summed E-state index contributed by atoms with van der Waals surface area (Å²) in [6, 6.07) is 17.9. The number of nitrogens with one attached hydrogen (secondary N) is 2. The smallest absolute Gasteiger partial charge is 0.187 e. The first-order chi connectivity index (χ1) is 13.5. The maximum atomic E-state index is 6.27. The van der Waals surface area contributed by atoms with Crippen LogP contribution >= 0.6 is 23.8 Å². The number of benzene rings is 2. The van der Waals surface area contributed by atoms with E-state index in [-0.39, 0.29) is 0 Å². The SMILES string of the molecule is Cc1nn(Cc2ccccc2Cl)c(C)c1/C=N/NC(=S)NCc1ccccc1. The van der Waals surface area contributed by atoms with Crippen molar-refractivity contribution in [2.24, 2.45) is 5.10 Å². The third kappa shape index (κ3) is 5.18. The van der Waals surface area contributed by atoms with Gasteiger partial charge < -0.3 is 5.32 Å². The van der Waals surface area contributed by atoms with Crippen LogP contribution in [0.5, 0.6) is 0 Å². The molecule has 7 heteroatoms. The second kappa shape index (κ2) is 9.48. The number of aryl methyl sites for hydroxylation is 1. The van der Waals surface area contributed by atoms with Gasteiger partial charge in [-0.15, -0.1) is 0 Å². The fraction of sp³-hybridized carbons (Fsp3) is 0.190. The normalized spacial score (nSPS) is 11.0. The molecule has 0 saturated carbocycles. The number of nitrogens with zero attached hydrogens (tertiary/aromatic N) is 3. The van der Waals surface area contributed by atoms with Gasteiger partial charge in [0.2, 0.25) is 0 Å². The summed E-state index contributed by atoms with van der Waals surface area (Å²) in [5.41, 5.74) is 7.93. The molecule has 0 aliphatic carbocycles. The van der Waals surface area contributed by atoms with Crippen molar-refractivity contribution in [1.82, 2.24) is 20.5 Å². The molecule has 0 unspecified atom stereocenters. The van der Waals surface area contributed by atoms with E-state index >= 15 is 0 Å². The standard InChI is InChI=1S/C21H22ClN5S/c1-15-19(13-24-25-21(28)23-12-17-8-4-3-5-9-17)16(2)27(26-15)14-18-10-6-7-11-20(18)22/h3-11,13H,12,14H2,1-2H3,(H2,23,25,28)/b24-13+. The van der Waals surface area contributed by atoms with Crippen molar-refractivity contribution in [2.75, 3.05) is 0 Å². The third-order valence-corrected chi connectivity index (χ3v) is 4.98. The van der Waals surface area contributed by atoms with Crippen molar-refractivity contribution >= 4 is 35.1 Å². The maximum Gasteiger partial charge on any atom is 0.187 e. The lowest BCUT2D eigenvalue weighted by atomic mass is 10.2. The average molecular weight is 412 g/mol. The van der Waals surface area contributed by atoms with E-state index in [1.165, 1.54) is 0 Å². The topological polar surface area (TPSA) is 54.2 Å². The number of hydrogen-bond acceptors (Lipinski definition) is 3. The molecular weight excluding hydrogens is 390 g/mol. The van der Waals surface area contributed by atoms with Gasteiger partial charge in [0.15, 0.2) is 5.11 Å². The Morgan fingerprint density at radius 2 is 1.86 bits per heavy atom. The second-order valence-corrected chi connectivity index (χ2v) is 7.19. The zero-order chi connectivity index (χ0) is 19.9. The number of hydrazone groups is 1. The van der Waals surface area contributed by atoms with Crippen LogP contribution in [0, 0.1) is 13.8 Å². The van der Waals surface area contributed by atoms with Crippen LogP contribution in [-0.2, 0) is 13.1 Å². The predicted molar refractivity (Wildman–Crippen MR) is 119 cm³/mol. The fourth-order valence-electron chi connectivity index (χ4n) is 2.81. The lowest BCUT2D eigenvalue weighted by Crippen LogP contribution is -2.31. The second-order valence-electron chi connectivity index (χ2n) is 6.37. The summed E-state index contributed by atoms with van der Waals surface area (Å²) in [5.74, 6) is 0. The molecule has 0 saturated heterocycles. The highest BCUT2D eigenvalue weighted by Crippen LogP contribution is 2.18. The van der Waals surface area contributed by atoms with E-state index in [4.69, 9.17) is 23.8 Å². The first-order valence-electron chi connectivity index (χ1n) is 8.93. The van der Waals surface area contributed by atoms with Crippen molar-refractivity contribution < 1.29 is 0 Å². The number of rotatable bonds is 6. The van der Waals surface area contributed by atoms with Gasteiger partial charge in [0.25, 0.3) is 0 Å². The molecule has 0 aliphatic heterocycles. The van der Waals surface area contributed by atoms with Crippen molar-refractivity contribution in [1.29, 1.82) is 0 Å². The van der Waals surface area contributed by atoms with Crippen LogP contribution in [0.3, 0.4) is 0 Å². The number of hydrogen-bond donors (Lipinski definition) is 2. The molecule has 144 valence electrons. The minimum Gasteiger partial charge on any atom is -0.357 e. The van der Waals surface area contributed by atoms with E-state index in [2.05, 4.69) is 20.9 Å². The molecular formula is C21H22ClN5S. The first kappa shape index (κ1) is 20.0. The van der Waals surface area contributed by atoms with Crippen molar-refractivity contribution in [2.45, 2.75) is 26.9 Å². The van der Waals surface area contributed by atoms with Crippen LogP contribution in [0.15, 0.2) is 59.7 Å². The molecule has 0 bridgehead atoms. The predicted octanol–water partition coefficient (Wildman–Crippen LogP) is 4.20. The molecule has 3 aromatic rings. The number of aromatic nitrogens is 2. The molecule has 0 spiro atoms. The van der Waals surface area contributed by atoms with Gasteiger partial charge in [-0.1, -0.05) is 60.1 Å². The molecule has 1 heterocycles. The summed E-state index contributed by atoms with van der Waals surface area (Å²) >= 11 is 11.5. The highest BCUT2D eigenvalue weighted by atomic mass is 35.5. The number of thiocarbonyl (C=S) groups is 1. The Labute approximate surface area is 175 Å². The summed E-state index contributed by atoms with van der Waals surface area (Å²) in [6.45, 7) is 5.24. The summed E-state index contributed by atoms with van der Waals surface area (Å²) in [5, 5.41) is 13.2. The Morgan fingerprint density at radius 1 is 1.14 bits per heavy atom. The van der Waals surface area contributed by atoms with Gasteiger partial charge in [-0.05, 0) is 43.3 Å². The van der Waals surface area contributed by atoms with Gasteiger partial charge in [0.1, 0.15) is 0 Å². The minimum absolute atomic E-state index is 0.471. The van der Waals surface area contributed by atoms with Crippen molar-refractivity contribution in [3.63, 3.8) is 0 Å². The van der Waals surface area contributed by atoms with Gasteiger partial charge in [0, 0.05) is 22.8 Å². The van der Waals surface area contributed by atoms with E-state index in [0.29, 0.717) is 18.2 Å². The quantitative estimate of drug-likeness (QED) is 0.362. The summed E-state index contributed by atoms with van der Waals surface area (Å²) < 4.78 is 1.93. The molecule has 2 N–H and O–H groups in total. The maximum absolute atomic E-state index is 6.27. The van der Waals surface area contributed by atoms with Crippen molar-refractivity contribution in [3.8, 4) is 0 Å². The van der Waals surface area contributed by atoms with Crippen LogP contribution in [-0.4, -0.2) is 21.1 Å². The Bertz CT molecular complexity index is 982. The molecule has 0 aliphatic rings. The lowest BCUT2D eigenvalue weighted by molar-refractivity contribution is 0.659. The largest absolute Gasteiger partial charge is 0.357 e. The van der Waals surface area contributed by atoms with Crippen LogP contribution < -0.4 is 10.7 Å². The Balaban J connectivity index is 1.60. The Morgan fingerprint density at radius 3 is 2.61 bits per heavy atom. The van der Waals surface area contributed by atoms with Gasteiger partial charge >= 0.3 is 0 Å². The zero-order valence-electron chi connectivity index (χ0n) is 15.8. The van der Waals surface area contributed by atoms with E-state index in [1.807, 2.05) is 73.1 Å². The summed E-state index contributed by atoms with van der Waals surface area (Å²) in [4.78, 5) is 0. The molecule has 1 aromatic heterocycles. The van der Waals surface area contributed by atoms with Crippen molar-refractivity contribution in [3.05, 3.63) is 87.7 Å². The van der Waals surface area contributed by atoms with E-state index < -0.39 is 0 Å². The Kier molecular flexibility index (Phi) is 6.79. The van der Waals surface area contributed by atoms with Crippen LogP contribution in [0.2, 0.25) is 5.02 Å². The molecule has 5 nitrogen and oxygen atoms in total. The molecule has 3 rings (SSSR count). The highest BCUT2D eigenvalue weighted by Gasteiger charge is 2.11. The monoisotopic (exact) mass is 411 g/mol. The molecule has 28 heavy (non-hydrogen) atoms. The first-order valence-corrected chi connectivity index (χ1v) is 9.71. The molecule has 0 atom stereocenters. The Hall–Kier alpha value is -2.70. The summed E-state index contributed by atoms with van der Waals surface area (Å²) in [7, 11) is 0. The number of halogens is 1. The van der Waals surface area contributed by atoms with E-state index in [1.54, 1.807) is 6.21 Å². The van der Waals surface area contributed by atoms with Gasteiger partial charge in [0.05, 0.1) is 18.5 Å². The minimum atomic E-state index is 0.471. The zero-order valence-corrected chi connectivity index (χ0v) is 17.4. The van der Waals surface area contributed by atoms with E-state index in [0.717, 1.165) is 33.1 Å². The van der Waals surface area contributed by atoms with E-state index in [9.17, 15) is 0 Å². The van der Waals surface area contributed by atoms with Gasteiger partial charge in [-0.3, -0.25) is 10.1 Å². The average Bonchev–Trinajstić information content (AvgIpc) is 2.96. The molecule has 0 amide bonds. The summed E-state index contributed by atoms with van der Waals surface area (Å²) in [6.07, 6.45) is 1.75. The van der Waals surface area contributed by atoms with Crippen LogP contribution in [0.25, 0.3) is 0 Å². The molecule has 0 radical (unpaired) electrons. The molecule has 2 aromatic carbocycles.